The number of rotatable bonds is 4. The van der Waals surface area contributed by atoms with E-state index in [1.54, 1.807) is 0 Å². The van der Waals surface area contributed by atoms with Crippen LogP contribution in [0.1, 0.15) is 25.0 Å². The van der Waals surface area contributed by atoms with Crippen LogP contribution in [0.25, 0.3) is 10.9 Å². The van der Waals surface area contributed by atoms with Crippen molar-refractivity contribution in [1.82, 2.24) is 15.1 Å². The Hall–Kier alpha value is -1.81. The van der Waals surface area contributed by atoms with Crippen molar-refractivity contribution in [2.75, 3.05) is 0 Å². The third kappa shape index (κ3) is 2.65. The topological polar surface area (TPSA) is 46.9 Å². The Morgan fingerprint density at radius 3 is 3.00 bits per heavy atom. The number of fused-ring (bicyclic) bond motifs is 3. The average molecular weight is 330 g/mol. The van der Waals surface area contributed by atoms with E-state index in [1.807, 2.05) is 29.9 Å². The van der Waals surface area contributed by atoms with E-state index in [0.29, 0.717) is 35.7 Å². The summed E-state index contributed by atoms with van der Waals surface area (Å²) >= 11 is 6.30. The molecule has 0 spiro atoms. The normalized spacial score (nSPS) is 25.4. The number of nitrogens with one attached hydrogen (secondary N) is 1. The Balaban J connectivity index is 1.43. The van der Waals surface area contributed by atoms with E-state index in [-0.39, 0.29) is 5.91 Å². The molecule has 2 bridgehead atoms. The third-order valence-electron chi connectivity index (χ3n) is 5.22. The molecular formula is C18H20ClN3O. The van der Waals surface area contributed by atoms with Crippen LogP contribution in [0, 0.1) is 17.8 Å². The van der Waals surface area contributed by atoms with Gasteiger partial charge in [-0.05, 0) is 42.7 Å². The number of hydrogen-bond donors (Lipinski definition) is 1. The van der Waals surface area contributed by atoms with Crippen LogP contribution < -0.4 is 5.32 Å². The van der Waals surface area contributed by atoms with Gasteiger partial charge in [0, 0.05) is 18.9 Å². The Kier molecular flexibility index (Phi) is 3.64. The standard InChI is InChI=1S/C18H20ClN3O/c1-22-16-4-2-3-14(19)18(16)15(21-22)10-20-17(23)9-13-8-11-5-6-12(13)7-11/h2-6,11-13H,7-10H2,1H3,(H,20,23)/t11-,12+,13+/m1/s1. The molecule has 1 aromatic carbocycles. The minimum Gasteiger partial charge on any atom is -0.350 e. The second-order valence-corrected chi connectivity index (χ2v) is 7.13. The van der Waals surface area contributed by atoms with Gasteiger partial charge in [0.05, 0.1) is 22.8 Å². The zero-order valence-corrected chi connectivity index (χ0v) is 13.9. The highest BCUT2D eigenvalue weighted by Gasteiger charge is 2.36. The fraction of sp³-hybridized carbons (Fsp3) is 0.444. The maximum Gasteiger partial charge on any atom is 0.220 e. The lowest BCUT2D eigenvalue weighted by atomic mass is 9.90. The number of aryl methyl sites for hydroxylation is 1. The number of aromatic nitrogens is 2. The lowest BCUT2D eigenvalue weighted by Gasteiger charge is -2.17. The van der Waals surface area contributed by atoms with Crippen molar-refractivity contribution in [1.29, 1.82) is 0 Å². The zero-order chi connectivity index (χ0) is 16.0. The summed E-state index contributed by atoms with van der Waals surface area (Å²) in [4.78, 5) is 12.3. The number of nitrogens with zero attached hydrogens (tertiary/aromatic N) is 2. The summed E-state index contributed by atoms with van der Waals surface area (Å²) < 4.78 is 1.81. The fourth-order valence-corrected chi connectivity index (χ4v) is 4.38. The highest BCUT2D eigenvalue weighted by Crippen LogP contribution is 2.44. The summed E-state index contributed by atoms with van der Waals surface area (Å²) in [6, 6.07) is 5.76. The van der Waals surface area contributed by atoms with Crippen LogP contribution in [-0.4, -0.2) is 15.7 Å². The van der Waals surface area contributed by atoms with Crippen LogP contribution in [0.5, 0.6) is 0 Å². The lowest BCUT2D eigenvalue weighted by molar-refractivity contribution is -0.122. The Morgan fingerprint density at radius 1 is 1.39 bits per heavy atom. The number of hydrogen-bond acceptors (Lipinski definition) is 2. The minimum atomic E-state index is 0.113. The molecular weight excluding hydrogens is 310 g/mol. The summed E-state index contributed by atoms with van der Waals surface area (Å²) in [6.45, 7) is 0.427. The SMILES string of the molecule is Cn1nc(CNC(=O)C[C@@H]2C[C@@H]3C=C[C@H]2C3)c2c(Cl)cccc21. The predicted molar refractivity (Wildman–Crippen MR) is 91.0 cm³/mol. The highest BCUT2D eigenvalue weighted by molar-refractivity contribution is 6.35. The number of amides is 1. The van der Waals surface area contributed by atoms with E-state index in [0.717, 1.165) is 23.0 Å². The molecule has 0 radical (unpaired) electrons. The summed E-state index contributed by atoms with van der Waals surface area (Å²) in [5.74, 6) is 1.93. The number of carbonyl (C=O) groups excluding carboxylic acids is 1. The monoisotopic (exact) mass is 329 g/mol. The molecule has 1 aromatic heterocycles. The Morgan fingerprint density at radius 2 is 2.26 bits per heavy atom. The van der Waals surface area contributed by atoms with E-state index in [2.05, 4.69) is 22.6 Å². The third-order valence-corrected chi connectivity index (χ3v) is 5.53. The van der Waals surface area contributed by atoms with Gasteiger partial charge in [0.25, 0.3) is 0 Å². The fourth-order valence-electron chi connectivity index (χ4n) is 4.10. The quantitative estimate of drug-likeness (QED) is 0.873. The van der Waals surface area contributed by atoms with Crippen molar-refractivity contribution in [3.63, 3.8) is 0 Å². The van der Waals surface area contributed by atoms with E-state index < -0.39 is 0 Å². The van der Waals surface area contributed by atoms with Crippen molar-refractivity contribution in [3.05, 3.63) is 41.1 Å². The zero-order valence-electron chi connectivity index (χ0n) is 13.1. The van der Waals surface area contributed by atoms with E-state index in [4.69, 9.17) is 11.6 Å². The molecule has 1 saturated carbocycles. The molecule has 2 aliphatic rings. The van der Waals surface area contributed by atoms with Gasteiger partial charge in [0.2, 0.25) is 5.91 Å². The molecule has 0 saturated heterocycles. The smallest absolute Gasteiger partial charge is 0.220 e. The number of allylic oxidation sites excluding steroid dienone is 2. The van der Waals surface area contributed by atoms with Crippen LogP contribution in [0.4, 0.5) is 0 Å². The molecule has 120 valence electrons. The van der Waals surface area contributed by atoms with Gasteiger partial charge in [-0.3, -0.25) is 9.48 Å². The molecule has 1 heterocycles. The lowest BCUT2D eigenvalue weighted by Crippen LogP contribution is -2.26. The van der Waals surface area contributed by atoms with Crippen molar-refractivity contribution < 1.29 is 4.79 Å². The Bertz CT molecular complexity index is 795. The number of halogens is 1. The second kappa shape index (κ2) is 5.68. The number of benzene rings is 1. The molecule has 1 fully saturated rings. The van der Waals surface area contributed by atoms with Gasteiger partial charge in [-0.1, -0.05) is 29.8 Å². The second-order valence-electron chi connectivity index (χ2n) is 6.73. The van der Waals surface area contributed by atoms with Crippen LogP contribution in [0.3, 0.4) is 0 Å². The van der Waals surface area contributed by atoms with E-state index >= 15 is 0 Å². The summed E-state index contributed by atoms with van der Waals surface area (Å²) in [6.07, 6.45) is 7.61. The van der Waals surface area contributed by atoms with Crippen LogP contribution in [0.2, 0.25) is 5.02 Å². The van der Waals surface area contributed by atoms with Gasteiger partial charge in [-0.2, -0.15) is 5.10 Å². The van der Waals surface area contributed by atoms with E-state index in [9.17, 15) is 4.79 Å². The molecule has 1 amide bonds. The Labute approximate surface area is 140 Å². The molecule has 2 aromatic rings. The van der Waals surface area contributed by atoms with Gasteiger partial charge in [-0.15, -0.1) is 0 Å². The molecule has 0 aliphatic heterocycles. The maximum atomic E-state index is 12.3. The average Bonchev–Trinajstić information content (AvgIpc) is 3.21. The summed E-state index contributed by atoms with van der Waals surface area (Å²) in [7, 11) is 1.89. The van der Waals surface area contributed by atoms with Crippen molar-refractivity contribution in [3.8, 4) is 0 Å². The number of carbonyl (C=O) groups is 1. The summed E-state index contributed by atoms with van der Waals surface area (Å²) in [5, 5.41) is 9.13. The van der Waals surface area contributed by atoms with Crippen molar-refractivity contribution >= 4 is 28.4 Å². The summed E-state index contributed by atoms with van der Waals surface area (Å²) in [5.41, 5.74) is 1.81. The van der Waals surface area contributed by atoms with Gasteiger partial charge >= 0.3 is 0 Å². The molecule has 3 atom stereocenters. The molecule has 4 nitrogen and oxygen atoms in total. The van der Waals surface area contributed by atoms with Gasteiger partial charge in [0.1, 0.15) is 0 Å². The predicted octanol–water partition coefficient (Wildman–Crippen LogP) is 3.45. The van der Waals surface area contributed by atoms with Crippen LogP contribution in [0.15, 0.2) is 30.4 Å². The van der Waals surface area contributed by atoms with Gasteiger partial charge in [0.15, 0.2) is 0 Å². The molecule has 4 rings (SSSR count). The van der Waals surface area contributed by atoms with Gasteiger partial charge in [-0.25, -0.2) is 0 Å². The first-order chi connectivity index (χ1) is 11.1. The highest BCUT2D eigenvalue weighted by atomic mass is 35.5. The largest absolute Gasteiger partial charge is 0.350 e. The molecule has 5 heteroatoms. The minimum absolute atomic E-state index is 0.113. The molecule has 23 heavy (non-hydrogen) atoms. The maximum absolute atomic E-state index is 12.3. The van der Waals surface area contributed by atoms with Crippen LogP contribution in [-0.2, 0) is 18.4 Å². The molecule has 1 N–H and O–H groups in total. The molecule has 0 unspecified atom stereocenters. The molecule has 2 aliphatic carbocycles. The first-order valence-electron chi connectivity index (χ1n) is 8.17. The first-order valence-corrected chi connectivity index (χ1v) is 8.54. The van der Waals surface area contributed by atoms with Crippen molar-refractivity contribution in [2.24, 2.45) is 24.8 Å². The van der Waals surface area contributed by atoms with E-state index in [1.165, 1.54) is 6.42 Å². The van der Waals surface area contributed by atoms with Crippen LogP contribution >= 0.6 is 11.6 Å². The van der Waals surface area contributed by atoms with Gasteiger partial charge < -0.3 is 5.32 Å². The van der Waals surface area contributed by atoms with Crippen molar-refractivity contribution in [2.45, 2.75) is 25.8 Å². The first kappa shape index (κ1) is 14.8.